The van der Waals surface area contributed by atoms with Crippen LogP contribution in [0.25, 0.3) is 5.69 Å². The third kappa shape index (κ3) is 3.67. The predicted molar refractivity (Wildman–Crippen MR) is 124 cm³/mol. The molecule has 5 nitrogen and oxygen atoms in total. The minimum Gasteiger partial charge on any atom is -0.508 e. The van der Waals surface area contributed by atoms with Crippen LogP contribution >= 0.6 is 12.2 Å². The van der Waals surface area contributed by atoms with E-state index in [1.165, 1.54) is 11.3 Å². The molecule has 0 bridgehead atoms. The van der Waals surface area contributed by atoms with Crippen LogP contribution in [0.4, 0.5) is 0 Å². The standard InChI is InChI=1S/C24H28N4OS/c1-4-5-14-27-23(22(26-24(27)30)21-8-6-7-13-25-21)20-15-16(2)28(17(20)3)18-9-11-19(29)12-10-18/h6-13,15,22-23,29H,4-5,14H2,1-3H3,(H,26,30). The molecule has 4 rings (SSSR count). The first-order valence-electron chi connectivity index (χ1n) is 10.5. The number of pyridine rings is 1. The summed E-state index contributed by atoms with van der Waals surface area (Å²) >= 11 is 5.75. The number of phenols is 1. The predicted octanol–water partition coefficient (Wildman–Crippen LogP) is 4.97. The van der Waals surface area contributed by atoms with Gasteiger partial charge in [-0.1, -0.05) is 19.4 Å². The van der Waals surface area contributed by atoms with Crippen LogP contribution < -0.4 is 5.32 Å². The fraction of sp³-hybridized carbons (Fsp3) is 0.333. The Hall–Kier alpha value is -2.86. The molecule has 1 saturated heterocycles. The summed E-state index contributed by atoms with van der Waals surface area (Å²) in [5, 5.41) is 14.0. The summed E-state index contributed by atoms with van der Waals surface area (Å²) in [4.78, 5) is 6.95. The minimum atomic E-state index is 0.00400. The van der Waals surface area contributed by atoms with Crippen LogP contribution in [-0.2, 0) is 0 Å². The molecule has 30 heavy (non-hydrogen) atoms. The minimum absolute atomic E-state index is 0.00400. The molecule has 2 aromatic heterocycles. The molecule has 1 aliphatic rings. The van der Waals surface area contributed by atoms with E-state index in [0.29, 0.717) is 0 Å². The van der Waals surface area contributed by atoms with Gasteiger partial charge in [-0.2, -0.15) is 0 Å². The third-order valence-corrected chi connectivity index (χ3v) is 6.20. The number of rotatable bonds is 6. The zero-order chi connectivity index (χ0) is 21.3. The zero-order valence-electron chi connectivity index (χ0n) is 17.7. The molecular formula is C24H28N4OS. The highest BCUT2D eigenvalue weighted by molar-refractivity contribution is 7.80. The van der Waals surface area contributed by atoms with Gasteiger partial charge in [-0.05, 0) is 80.5 Å². The Bertz CT molecular complexity index is 1030. The van der Waals surface area contributed by atoms with Crippen molar-refractivity contribution < 1.29 is 5.11 Å². The van der Waals surface area contributed by atoms with Crippen molar-refractivity contribution in [3.8, 4) is 11.4 Å². The number of nitrogens with zero attached hydrogens (tertiary/aromatic N) is 3. The number of aromatic hydroxyl groups is 1. The molecule has 3 aromatic rings. The van der Waals surface area contributed by atoms with Gasteiger partial charge in [0.1, 0.15) is 5.75 Å². The maximum Gasteiger partial charge on any atom is 0.170 e. The summed E-state index contributed by atoms with van der Waals surface area (Å²) in [6.07, 6.45) is 4.04. The highest BCUT2D eigenvalue weighted by Crippen LogP contribution is 2.41. The molecule has 2 N–H and O–H groups in total. The van der Waals surface area contributed by atoms with Crippen molar-refractivity contribution in [3.63, 3.8) is 0 Å². The highest BCUT2D eigenvalue weighted by Gasteiger charge is 2.41. The Labute approximate surface area is 183 Å². The fourth-order valence-electron chi connectivity index (χ4n) is 4.40. The van der Waals surface area contributed by atoms with Gasteiger partial charge in [0.2, 0.25) is 0 Å². The molecule has 0 amide bonds. The number of aryl methyl sites for hydroxylation is 1. The molecule has 1 aliphatic heterocycles. The number of thiocarbonyl (C=S) groups is 1. The van der Waals surface area contributed by atoms with Gasteiger partial charge in [0.15, 0.2) is 5.11 Å². The molecular weight excluding hydrogens is 392 g/mol. The van der Waals surface area contributed by atoms with Gasteiger partial charge in [-0.15, -0.1) is 0 Å². The number of unbranched alkanes of at least 4 members (excludes halogenated alkanes) is 1. The second kappa shape index (κ2) is 8.48. The van der Waals surface area contributed by atoms with E-state index in [2.05, 4.69) is 52.7 Å². The van der Waals surface area contributed by atoms with Gasteiger partial charge in [0, 0.05) is 29.8 Å². The molecule has 156 valence electrons. The van der Waals surface area contributed by atoms with Crippen LogP contribution in [0.1, 0.15) is 54.5 Å². The molecule has 0 saturated carbocycles. The van der Waals surface area contributed by atoms with Crippen molar-refractivity contribution in [2.45, 2.75) is 45.7 Å². The Balaban J connectivity index is 1.81. The Morgan fingerprint density at radius 1 is 1.13 bits per heavy atom. The topological polar surface area (TPSA) is 53.3 Å². The van der Waals surface area contributed by atoms with Crippen molar-refractivity contribution in [1.82, 2.24) is 19.8 Å². The lowest BCUT2D eigenvalue weighted by atomic mass is 9.96. The van der Waals surface area contributed by atoms with Crippen LogP contribution in [0.2, 0.25) is 0 Å². The quantitative estimate of drug-likeness (QED) is 0.552. The van der Waals surface area contributed by atoms with Crippen LogP contribution in [-0.4, -0.2) is 31.2 Å². The monoisotopic (exact) mass is 420 g/mol. The van der Waals surface area contributed by atoms with E-state index in [9.17, 15) is 5.11 Å². The molecule has 2 atom stereocenters. The summed E-state index contributed by atoms with van der Waals surface area (Å²) in [6.45, 7) is 7.40. The normalized spacial score (nSPS) is 18.6. The Morgan fingerprint density at radius 3 is 2.57 bits per heavy atom. The first-order chi connectivity index (χ1) is 14.5. The average Bonchev–Trinajstić information content (AvgIpc) is 3.23. The van der Waals surface area contributed by atoms with Crippen molar-refractivity contribution in [1.29, 1.82) is 0 Å². The second-order valence-corrected chi connectivity index (χ2v) is 8.24. The maximum atomic E-state index is 9.68. The lowest BCUT2D eigenvalue weighted by Gasteiger charge is -2.28. The van der Waals surface area contributed by atoms with E-state index in [1.807, 2.05) is 30.5 Å². The van der Waals surface area contributed by atoms with Crippen molar-refractivity contribution in [3.05, 3.63) is 77.4 Å². The zero-order valence-corrected chi connectivity index (χ0v) is 18.5. The third-order valence-electron chi connectivity index (χ3n) is 5.85. The number of phenolic OH excluding ortho intramolecular Hbond substituents is 1. The molecule has 6 heteroatoms. The molecule has 2 unspecified atom stereocenters. The molecule has 1 fully saturated rings. The average molecular weight is 421 g/mol. The second-order valence-electron chi connectivity index (χ2n) is 7.85. The van der Waals surface area contributed by atoms with E-state index >= 15 is 0 Å². The number of hydrogen-bond acceptors (Lipinski definition) is 3. The first kappa shape index (κ1) is 20.4. The summed E-state index contributed by atoms with van der Waals surface area (Å²) in [5.41, 5.74) is 5.62. The van der Waals surface area contributed by atoms with E-state index in [4.69, 9.17) is 12.2 Å². The fourth-order valence-corrected chi connectivity index (χ4v) is 4.73. The maximum absolute atomic E-state index is 9.68. The van der Waals surface area contributed by atoms with Crippen LogP contribution in [0.3, 0.4) is 0 Å². The molecule has 1 aromatic carbocycles. The van der Waals surface area contributed by atoms with Gasteiger partial charge in [0.05, 0.1) is 17.8 Å². The van der Waals surface area contributed by atoms with Crippen molar-refractivity contribution in [2.24, 2.45) is 0 Å². The first-order valence-corrected chi connectivity index (χ1v) is 10.9. The van der Waals surface area contributed by atoms with Crippen molar-refractivity contribution >= 4 is 17.3 Å². The summed E-state index contributed by atoms with van der Waals surface area (Å²) < 4.78 is 2.24. The van der Waals surface area contributed by atoms with E-state index in [1.54, 1.807) is 12.1 Å². The molecule has 0 aliphatic carbocycles. The van der Waals surface area contributed by atoms with Crippen molar-refractivity contribution in [2.75, 3.05) is 6.54 Å². The molecule has 0 spiro atoms. The lowest BCUT2D eigenvalue weighted by molar-refractivity contribution is 0.312. The van der Waals surface area contributed by atoms with Gasteiger partial charge >= 0.3 is 0 Å². The smallest absolute Gasteiger partial charge is 0.170 e. The van der Waals surface area contributed by atoms with Gasteiger partial charge in [-0.25, -0.2) is 0 Å². The number of aromatic nitrogens is 2. The summed E-state index contributed by atoms with van der Waals surface area (Å²) in [5.74, 6) is 0.271. The number of nitrogens with one attached hydrogen (secondary N) is 1. The van der Waals surface area contributed by atoms with Crippen LogP contribution in [0.5, 0.6) is 5.75 Å². The van der Waals surface area contributed by atoms with E-state index in [0.717, 1.165) is 41.6 Å². The number of hydrogen-bond donors (Lipinski definition) is 2. The summed E-state index contributed by atoms with van der Waals surface area (Å²) in [6, 6.07) is 15.7. The van der Waals surface area contributed by atoms with Gasteiger partial charge in [0.25, 0.3) is 0 Å². The number of benzene rings is 1. The Kier molecular flexibility index (Phi) is 5.77. The van der Waals surface area contributed by atoms with E-state index < -0.39 is 0 Å². The lowest BCUT2D eigenvalue weighted by Crippen LogP contribution is -2.30. The Morgan fingerprint density at radius 2 is 1.90 bits per heavy atom. The largest absolute Gasteiger partial charge is 0.508 e. The van der Waals surface area contributed by atoms with Crippen LogP contribution in [0.15, 0.2) is 54.7 Å². The highest BCUT2D eigenvalue weighted by atomic mass is 32.1. The SMILES string of the molecule is CCCCN1C(=S)NC(c2ccccn2)C1c1cc(C)n(-c2ccc(O)cc2)c1C. The molecule has 3 heterocycles. The van der Waals surface area contributed by atoms with Gasteiger partial charge in [-0.3, -0.25) is 4.98 Å². The van der Waals surface area contributed by atoms with Gasteiger partial charge < -0.3 is 19.9 Å². The van der Waals surface area contributed by atoms with E-state index in [-0.39, 0.29) is 17.8 Å². The van der Waals surface area contributed by atoms with Crippen LogP contribution in [0, 0.1) is 13.8 Å². The molecule has 0 radical (unpaired) electrons. The summed E-state index contributed by atoms with van der Waals surface area (Å²) in [7, 11) is 0.